The summed E-state index contributed by atoms with van der Waals surface area (Å²) < 4.78 is 10.3. The molecule has 1 aromatic carbocycles. The van der Waals surface area contributed by atoms with Crippen LogP contribution in [0.25, 0.3) is 0 Å². The van der Waals surface area contributed by atoms with Gasteiger partial charge in [0.15, 0.2) is 11.5 Å². The van der Waals surface area contributed by atoms with Crippen LogP contribution in [0.15, 0.2) is 18.2 Å². The summed E-state index contributed by atoms with van der Waals surface area (Å²) in [6.45, 7) is 2.30. The topological polar surface area (TPSA) is 73.6 Å². The predicted molar refractivity (Wildman–Crippen MR) is 69.7 cm³/mol. The fourth-order valence-corrected chi connectivity index (χ4v) is 1.50. The number of carbonyl (C=O) groups is 1. The molecule has 1 amide bonds. The van der Waals surface area contributed by atoms with Crippen molar-refractivity contribution in [3.63, 3.8) is 0 Å². The molecule has 0 aliphatic heterocycles. The predicted octanol–water partition coefficient (Wildman–Crippen LogP) is 1.06. The summed E-state index contributed by atoms with van der Waals surface area (Å²) in [6.07, 6.45) is 0.623. The van der Waals surface area contributed by atoms with Crippen molar-refractivity contribution in [1.29, 1.82) is 0 Å². The normalized spacial score (nSPS) is 11.8. The number of rotatable bonds is 6. The second-order valence-electron chi connectivity index (χ2n) is 3.92. The Hall–Kier alpha value is -1.75. The summed E-state index contributed by atoms with van der Waals surface area (Å²) in [5, 5.41) is 2.78. The van der Waals surface area contributed by atoms with Crippen molar-refractivity contribution in [3.05, 3.63) is 23.8 Å². The summed E-state index contributed by atoms with van der Waals surface area (Å²) in [7, 11) is 3.16. The SMILES string of the molecule is CC[C@H](N)C(=O)NCc1ccc(OC)c(OC)c1. The lowest BCUT2D eigenvalue weighted by molar-refractivity contribution is -0.122. The largest absolute Gasteiger partial charge is 0.493 e. The maximum absolute atomic E-state index is 11.5. The van der Waals surface area contributed by atoms with Crippen molar-refractivity contribution in [2.75, 3.05) is 14.2 Å². The van der Waals surface area contributed by atoms with E-state index in [9.17, 15) is 4.79 Å². The van der Waals surface area contributed by atoms with Gasteiger partial charge in [0, 0.05) is 6.54 Å². The first-order valence-corrected chi connectivity index (χ1v) is 5.86. The molecule has 0 aliphatic rings. The molecule has 0 saturated carbocycles. The van der Waals surface area contributed by atoms with Crippen molar-refractivity contribution in [2.45, 2.75) is 25.9 Å². The number of hydrogen-bond acceptors (Lipinski definition) is 4. The molecular formula is C13H20N2O3. The number of nitrogens with two attached hydrogens (primary N) is 1. The second kappa shape index (κ2) is 6.86. The number of nitrogens with one attached hydrogen (secondary N) is 1. The van der Waals surface area contributed by atoms with Crippen LogP contribution in [0.5, 0.6) is 11.5 Å². The van der Waals surface area contributed by atoms with E-state index in [0.717, 1.165) is 5.56 Å². The van der Waals surface area contributed by atoms with Crippen LogP contribution in [-0.2, 0) is 11.3 Å². The Balaban J connectivity index is 2.66. The molecule has 0 aromatic heterocycles. The minimum atomic E-state index is -0.454. The highest BCUT2D eigenvalue weighted by Crippen LogP contribution is 2.27. The van der Waals surface area contributed by atoms with Crippen LogP contribution < -0.4 is 20.5 Å². The molecule has 1 aromatic rings. The van der Waals surface area contributed by atoms with Gasteiger partial charge >= 0.3 is 0 Å². The first-order valence-electron chi connectivity index (χ1n) is 5.86. The number of carbonyl (C=O) groups excluding carboxylic acids is 1. The molecule has 100 valence electrons. The highest BCUT2D eigenvalue weighted by molar-refractivity contribution is 5.81. The average Bonchev–Trinajstić information content (AvgIpc) is 2.43. The van der Waals surface area contributed by atoms with Gasteiger partial charge in [0.1, 0.15) is 0 Å². The molecule has 0 unspecified atom stereocenters. The number of hydrogen-bond donors (Lipinski definition) is 2. The van der Waals surface area contributed by atoms with E-state index < -0.39 is 6.04 Å². The van der Waals surface area contributed by atoms with Crippen LogP contribution >= 0.6 is 0 Å². The zero-order chi connectivity index (χ0) is 13.5. The van der Waals surface area contributed by atoms with Crippen LogP contribution in [-0.4, -0.2) is 26.2 Å². The lowest BCUT2D eigenvalue weighted by atomic mass is 10.2. The molecule has 0 bridgehead atoms. The summed E-state index contributed by atoms with van der Waals surface area (Å²) in [6, 6.07) is 5.06. The van der Waals surface area contributed by atoms with Gasteiger partial charge in [0.25, 0.3) is 0 Å². The fraction of sp³-hybridized carbons (Fsp3) is 0.462. The van der Waals surface area contributed by atoms with E-state index in [2.05, 4.69) is 5.32 Å². The monoisotopic (exact) mass is 252 g/mol. The van der Waals surface area contributed by atoms with Crippen molar-refractivity contribution in [3.8, 4) is 11.5 Å². The third-order valence-corrected chi connectivity index (χ3v) is 2.69. The summed E-state index contributed by atoms with van der Waals surface area (Å²) in [5.41, 5.74) is 6.56. The van der Waals surface area contributed by atoms with Crippen molar-refractivity contribution >= 4 is 5.91 Å². The van der Waals surface area contributed by atoms with E-state index in [0.29, 0.717) is 24.5 Å². The van der Waals surface area contributed by atoms with Crippen LogP contribution in [0.3, 0.4) is 0 Å². The minimum Gasteiger partial charge on any atom is -0.493 e. The first kappa shape index (κ1) is 14.3. The van der Waals surface area contributed by atoms with E-state index in [-0.39, 0.29) is 5.91 Å². The molecular weight excluding hydrogens is 232 g/mol. The quantitative estimate of drug-likeness (QED) is 0.794. The number of amides is 1. The van der Waals surface area contributed by atoms with E-state index in [4.69, 9.17) is 15.2 Å². The molecule has 0 saturated heterocycles. The molecule has 0 spiro atoms. The molecule has 5 heteroatoms. The Morgan fingerprint density at radius 3 is 2.56 bits per heavy atom. The van der Waals surface area contributed by atoms with Gasteiger partial charge in [-0.3, -0.25) is 4.79 Å². The Labute approximate surface area is 107 Å². The number of benzene rings is 1. The van der Waals surface area contributed by atoms with Gasteiger partial charge in [-0.05, 0) is 24.1 Å². The molecule has 3 N–H and O–H groups in total. The van der Waals surface area contributed by atoms with Crippen molar-refractivity contribution < 1.29 is 14.3 Å². The number of ether oxygens (including phenoxy) is 2. The Morgan fingerprint density at radius 1 is 1.33 bits per heavy atom. The summed E-state index contributed by atoms with van der Waals surface area (Å²) >= 11 is 0. The standard InChI is InChI=1S/C13H20N2O3/c1-4-10(14)13(16)15-8-9-5-6-11(17-2)12(7-9)18-3/h5-7,10H,4,8,14H2,1-3H3,(H,15,16)/t10-/m0/s1. The molecule has 0 aliphatic carbocycles. The maximum atomic E-state index is 11.5. The van der Waals surface area contributed by atoms with Gasteiger partial charge < -0.3 is 20.5 Å². The Morgan fingerprint density at radius 2 is 2.00 bits per heavy atom. The third-order valence-electron chi connectivity index (χ3n) is 2.69. The fourth-order valence-electron chi connectivity index (χ4n) is 1.50. The zero-order valence-corrected chi connectivity index (χ0v) is 11.0. The van der Waals surface area contributed by atoms with E-state index >= 15 is 0 Å². The lowest BCUT2D eigenvalue weighted by Crippen LogP contribution is -2.39. The van der Waals surface area contributed by atoms with Crippen molar-refractivity contribution in [1.82, 2.24) is 5.32 Å². The molecule has 1 atom stereocenters. The van der Waals surface area contributed by atoms with Gasteiger partial charge in [0.2, 0.25) is 5.91 Å². The second-order valence-corrected chi connectivity index (χ2v) is 3.92. The molecule has 5 nitrogen and oxygen atoms in total. The lowest BCUT2D eigenvalue weighted by Gasteiger charge is -2.12. The highest BCUT2D eigenvalue weighted by Gasteiger charge is 2.10. The highest BCUT2D eigenvalue weighted by atomic mass is 16.5. The van der Waals surface area contributed by atoms with Gasteiger partial charge in [-0.25, -0.2) is 0 Å². The molecule has 1 rings (SSSR count). The third kappa shape index (κ3) is 3.63. The van der Waals surface area contributed by atoms with Crippen LogP contribution in [0.4, 0.5) is 0 Å². The Bertz CT molecular complexity index is 407. The van der Waals surface area contributed by atoms with Crippen LogP contribution in [0.2, 0.25) is 0 Å². The molecule has 0 fully saturated rings. The van der Waals surface area contributed by atoms with Gasteiger partial charge in [-0.2, -0.15) is 0 Å². The molecule has 18 heavy (non-hydrogen) atoms. The summed E-state index contributed by atoms with van der Waals surface area (Å²) in [4.78, 5) is 11.5. The van der Waals surface area contributed by atoms with Crippen molar-refractivity contribution in [2.24, 2.45) is 5.73 Å². The maximum Gasteiger partial charge on any atom is 0.237 e. The van der Waals surface area contributed by atoms with Gasteiger partial charge in [0.05, 0.1) is 20.3 Å². The van der Waals surface area contributed by atoms with E-state index in [1.54, 1.807) is 20.3 Å². The van der Waals surface area contributed by atoms with E-state index in [1.807, 2.05) is 19.1 Å². The zero-order valence-electron chi connectivity index (χ0n) is 11.0. The van der Waals surface area contributed by atoms with Crippen LogP contribution in [0.1, 0.15) is 18.9 Å². The number of methoxy groups -OCH3 is 2. The molecule has 0 radical (unpaired) electrons. The molecule has 0 heterocycles. The average molecular weight is 252 g/mol. The minimum absolute atomic E-state index is 0.146. The van der Waals surface area contributed by atoms with Crippen LogP contribution in [0, 0.1) is 0 Å². The van der Waals surface area contributed by atoms with Gasteiger partial charge in [-0.15, -0.1) is 0 Å². The first-order chi connectivity index (χ1) is 8.62. The van der Waals surface area contributed by atoms with Gasteiger partial charge in [-0.1, -0.05) is 13.0 Å². The smallest absolute Gasteiger partial charge is 0.237 e. The summed E-state index contributed by atoms with van der Waals surface area (Å²) in [5.74, 6) is 1.16. The van der Waals surface area contributed by atoms with E-state index in [1.165, 1.54) is 0 Å². The Kier molecular flexibility index (Phi) is 5.45.